The second kappa shape index (κ2) is 10.5. The summed E-state index contributed by atoms with van der Waals surface area (Å²) in [7, 11) is 0. The number of halogens is 2. The molecule has 1 N–H and O–H groups in total. The second-order valence-electron chi connectivity index (χ2n) is 8.85. The molecule has 0 radical (unpaired) electrons. The Bertz CT molecular complexity index is 1900. The van der Waals surface area contributed by atoms with Gasteiger partial charge >= 0.3 is 0 Å². The highest BCUT2D eigenvalue weighted by atomic mass is 32.2. The molecule has 0 saturated carbocycles. The van der Waals surface area contributed by atoms with E-state index in [1.807, 2.05) is 43.3 Å². The number of non-ortho nitro benzene ring substituents is 1. The van der Waals surface area contributed by atoms with Gasteiger partial charge < -0.3 is 5.32 Å². The largest absolute Gasteiger partial charge is 0.354 e. The molecular weight excluding hydrogens is 552 g/mol. The lowest BCUT2D eigenvalue weighted by Gasteiger charge is -2.21. The fourth-order valence-corrected chi connectivity index (χ4v) is 6.01. The van der Waals surface area contributed by atoms with Crippen LogP contribution in [-0.2, 0) is 0 Å². The third-order valence-electron chi connectivity index (χ3n) is 6.19. The van der Waals surface area contributed by atoms with Crippen LogP contribution in [0.3, 0.4) is 0 Å². The number of fused-ring (bicyclic) bond motifs is 2. The highest BCUT2D eigenvalue weighted by molar-refractivity contribution is 7.99. The molecule has 198 valence electrons. The molecule has 5 aromatic rings. The highest BCUT2D eigenvalue weighted by Crippen LogP contribution is 2.44. The van der Waals surface area contributed by atoms with E-state index in [1.165, 1.54) is 34.2 Å². The van der Waals surface area contributed by atoms with Crippen molar-refractivity contribution in [2.45, 2.75) is 16.7 Å². The lowest BCUT2D eigenvalue weighted by atomic mass is 10.1. The third kappa shape index (κ3) is 5.04. The van der Waals surface area contributed by atoms with Gasteiger partial charge in [-0.3, -0.25) is 10.1 Å². The van der Waals surface area contributed by atoms with Crippen molar-refractivity contribution in [1.82, 2.24) is 4.68 Å². The van der Waals surface area contributed by atoms with Crippen LogP contribution in [0.5, 0.6) is 0 Å². The second-order valence-corrected chi connectivity index (χ2v) is 10.8. The number of nitro groups is 1. The molecule has 1 aromatic heterocycles. The first kappa shape index (κ1) is 25.7. The Kier molecular flexibility index (Phi) is 6.74. The maximum Gasteiger partial charge on any atom is 0.270 e. The molecule has 0 amide bonds. The van der Waals surface area contributed by atoms with E-state index in [1.54, 1.807) is 29.3 Å². The summed E-state index contributed by atoms with van der Waals surface area (Å²) in [5.41, 5.74) is 4.41. The Morgan fingerprint density at radius 1 is 0.950 bits per heavy atom. The summed E-state index contributed by atoms with van der Waals surface area (Å²) in [6, 6.07) is 23.4. The van der Waals surface area contributed by atoms with E-state index in [0.29, 0.717) is 21.8 Å². The zero-order valence-electron chi connectivity index (χ0n) is 20.8. The van der Waals surface area contributed by atoms with Crippen molar-refractivity contribution >= 4 is 51.6 Å². The highest BCUT2D eigenvalue weighted by Gasteiger charge is 2.17. The van der Waals surface area contributed by atoms with Crippen LogP contribution >= 0.6 is 23.1 Å². The van der Waals surface area contributed by atoms with Gasteiger partial charge in [0.15, 0.2) is 5.82 Å². The van der Waals surface area contributed by atoms with Gasteiger partial charge in [-0.1, -0.05) is 42.1 Å². The minimum absolute atomic E-state index is 0.0517. The van der Waals surface area contributed by atoms with E-state index < -0.39 is 16.6 Å². The average molecular weight is 572 g/mol. The van der Waals surface area contributed by atoms with E-state index in [0.717, 1.165) is 38.9 Å². The Morgan fingerprint density at radius 2 is 1.77 bits per heavy atom. The number of aromatic nitrogens is 1. The van der Waals surface area contributed by atoms with Crippen molar-refractivity contribution in [1.29, 1.82) is 0 Å². The van der Waals surface area contributed by atoms with Gasteiger partial charge in [0.2, 0.25) is 4.80 Å². The number of nitrogens with one attached hydrogen (secondary N) is 1. The molecule has 0 spiro atoms. The number of hydrogen-bond donors (Lipinski definition) is 1. The van der Waals surface area contributed by atoms with Gasteiger partial charge in [0, 0.05) is 38.9 Å². The maximum absolute atomic E-state index is 14.5. The molecule has 1 aliphatic rings. The minimum Gasteiger partial charge on any atom is -0.354 e. The molecule has 1 aliphatic heterocycles. The quantitative estimate of drug-likeness (QED) is 0.129. The van der Waals surface area contributed by atoms with Crippen molar-refractivity contribution in [2.24, 2.45) is 10.1 Å². The topological polar surface area (TPSA) is 84.8 Å². The summed E-state index contributed by atoms with van der Waals surface area (Å²) in [6.07, 6.45) is 0. The maximum atomic E-state index is 14.5. The van der Waals surface area contributed by atoms with Crippen LogP contribution in [0.1, 0.15) is 12.5 Å². The first-order valence-corrected chi connectivity index (χ1v) is 13.7. The lowest BCUT2D eigenvalue weighted by Crippen LogP contribution is -2.14. The lowest BCUT2D eigenvalue weighted by molar-refractivity contribution is -0.384. The van der Waals surface area contributed by atoms with Crippen LogP contribution in [0.2, 0.25) is 0 Å². The molecule has 2 heterocycles. The summed E-state index contributed by atoms with van der Waals surface area (Å²) >= 11 is 2.87. The van der Waals surface area contributed by atoms with Crippen molar-refractivity contribution in [3.8, 4) is 11.3 Å². The molecule has 0 saturated heterocycles. The van der Waals surface area contributed by atoms with Crippen LogP contribution in [0.15, 0.2) is 110 Å². The van der Waals surface area contributed by atoms with Crippen LogP contribution in [0.25, 0.3) is 11.3 Å². The minimum atomic E-state index is -0.809. The Labute approximate surface area is 235 Å². The summed E-state index contributed by atoms with van der Waals surface area (Å²) in [5, 5.41) is 21.5. The van der Waals surface area contributed by atoms with Gasteiger partial charge in [-0.25, -0.2) is 18.4 Å². The van der Waals surface area contributed by atoms with Crippen molar-refractivity contribution in [2.75, 3.05) is 5.32 Å². The first-order valence-electron chi connectivity index (χ1n) is 12.0. The normalized spacial score (nSPS) is 13.0. The summed E-state index contributed by atoms with van der Waals surface area (Å²) in [5.74, 6) is -1.51. The van der Waals surface area contributed by atoms with E-state index in [2.05, 4.69) is 16.4 Å². The SMILES string of the molecule is CC(=Nn1c(-c2cccc([N+](=O)[O-])c2)csc1=Nc1ccc(F)cc1F)c1ccc2c(c1)Nc1ccccc1S2. The molecule has 4 aromatic carbocycles. The smallest absolute Gasteiger partial charge is 0.270 e. The fourth-order valence-electron chi connectivity index (χ4n) is 4.20. The van der Waals surface area contributed by atoms with E-state index in [4.69, 9.17) is 5.10 Å². The van der Waals surface area contributed by atoms with Crippen LogP contribution in [0.4, 0.5) is 31.5 Å². The number of thiazole rings is 1. The Balaban J connectivity index is 1.47. The van der Waals surface area contributed by atoms with Crippen LogP contribution in [-0.4, -0.2) is 15.3 Å². The number of nitrogens with zero attached hydrogens (tertiary/aromatic N) is 4. The molecule has 40 heavy (non-hydrogen) atoms. The van der Waals surface area contributed by atoms with Crippen molar-refractivity contribution in [3.63, 3.8) is 0 Å². The molecule has 0 aliphatic carbocycles. The molecule has 11 heteroatoms. The molecule has 6 rings (SSSR count). The van der Waals surface area contributed by atoms with E-state index in [9.17, 15) is 18.9 Å². The third-order valence-corrected chi connectivity index (χ3v) is 8.16. The summed E-state index contributed by atoms with van der Waals surface area (Å²) in [4.78, 5) is 17.9. The van der Waals surface area contributed by atoms with Gasteiger partial charge in [-0.2, -0.15) is 5.10 Å². The zero-order chi connectivity index (χ0) is 27.8. The molecule has 0 unspecified atom stereocenters. The fraction of sp³-hybridized carbons (Fsp3) is 0.0345. The molecule has 7 nitrogen and oxygen atoms in total. The monoisotopic (exact) mass is 571 g/mol. The van der Waals surface area contributed by atoms with Gasteiger partial charge in [0.1, 0.15) is 11.5 Å². The standard InChI is InChI=1S/C29H19F2N5O2S2/c1-17(18-9-12-28-25(14-18)32-24-7-2-3-8-27(24)40-28)34-35-26(19-5-4-6-21(13-19)36(37)38)16-39-29(35)33-23-11-10-20(30)15-22(23)31/h2-16,32H,1H3. The number of benzene rings is 4. The Morgan fingerprint density at radius 3 is 2.60 bits per heavy atom. The van der Waals surface area contributed by atoms with E-state index >= 15 is 0 Å². The molecule has 0 fully saturated rings. The Hall–Kier alpha value is -4.61. The van der Waals surface area contributed by atoms with E-state index in [-0.39, 0.29) is 11.4 Å². The first-order chi connectivity index (χ1) is 19.4. The van der Waals surface area contributed by atoms with Gasteiger partial charge in [0.25, 0.3) is 5.69 Å². The van der Waals surface area contributed by atoms with Crippen molar-refractivity contribution in [3.05, 3.63) is 122 Å². The number of anilines is 2. The number of rotatable bonds is 5. The average Bonchev–Trinajstić information content (AvgIpc) is 3.34. The molecule has 0 atom stereocenters. The number of hydrogen-bond acceptors (Lipinski definition) is 7. The predicted molar refractivity (Wildman–Crippen MR) is 154 cm³/mol. The van der Waals surface area contributed by atoms with Gasteiger partial charge in [0.05, 0.1) is 27.7 Å². The van der Waals surface area contributed by atoms with Crippen LogP contribution < -0.4 is 10.1 Å². The molecule has 0 bridgehead atoms. The summed E-state index contributed by atoms with van der Waals surface area (Å²) < 4.78 is 29.5. The number of para-hydroxylation sites is 1. The molecular formula is C29H19F2N5O2S2. The van der Waals surface area contributed by atoms with Gasteiger partial charge in [-0.15, -0.1) is 11.3 Å². The predicted octanol–water partition coefficient (Wildman–Crippen LogP) is 8.12. The number of nitro benzene ring substituents is 1. The van der Waals surface area contributed by atoms with Crippen LogP contribution in [0, 0.1) is 21.7 Å². The van der Waals surface area contributed by atoms with Crippen molar-refractivity contribution < 1.29 is 13.7 Å². The summed E-state index contributed by atoms with van der Waals surface area (Å²) in [6.45, 7) is 1.84. The van der Waals surface area contributed by atoms with Gasteiger partial charge in [-0.05, 0) is 48.9 Å². The zero-order valence-corrected chi connectivity index (χ0v) is 22.5.